The molecule has 0 radical (unpaired) electrons. The Bertz CT molecular complexity index is 899. The molecule has 2 amide bonds. The molecule has 0 spiro atoms. The number of nitrogens with two attached hydrogens (primary N) is 1. The zero-order valence-corrected chi connectivity index (χ0v) is 15.1. The fourth-order valence-electron chi connectivity index (χ4n) is 2.45. The molecule has 4 N–H and O–H groups in total. The number of carbonyl (C=O) groups excluding carboxylic acids is 2. The van der Waals surface area contributed by atoms with Crippen LogP contribution in [0, 0.1) is 0 Å². The molecule has 1 fully saturated rings. The topological polar surface area (TPSA) is 147 Å². The van der Waals surface area contributed by atoms with Gasteiger partial charge in [-0.3, -0.25) is 19.3 Å². The summed E-state index contributed by atoms with van der Waals surface area (Å²) in [4.78, 5) is 43.9. The van der Waals surface area contributed by atoms with E-state index in [1.807, 2.05) is 0 Å². The van der Waals surface area contributed by atoms with E-state index in [1.54, 1.807) is 0 Å². The van der Waals surface area contributed by atoms with Crippen LogP contribution in [0.4, 0.5) is 18.3 Å². The number of nitrogens with zero attached hydrogens (tertiary/aromatic N) is 3. The van der Waals surface area contributed by atoms with Crippen LogP contribution in [-0.4, -0.2) is 62.0 Å². The lowest BCUT2D eigenvalue weighted by atomic mass is 10.0. The number of carboxylic acids is 1. The number of nitrogen functional groups attached to an aromatic ring is 1. The van der Waals surface area contributed by atoms with Crippen LogP contribution in [0.25, 0.3) is 0 Å². The minimum atomic E-state index is -5.14. The minimum absolute atomic E-state index is 0.0209. The predicted molar refractivity (Wildman–Crippen MR) is 90.9 cm³/mol. The summed E-state index contributed by atoms with van der Waals surface area (Å²) in [7, 11) is 0. The average Bonchev–Trinajstić information content (AvgIpc) is 3.03. The minimum Gasteiger partial charge on any atom is -0.477 e. The van der Waals surface area contributed by atoms with E-state index in [9.17, 15) is 27.6 Å². The van der Waals surface area contributed by atoms with Gasteiger partial charge in [0.1, 0.15) is 22.8 Å². The molecule has 15 heteroatoms. The van der Waals surface area contributed by atoms with Crippen molar-refractivity contribution in [2.24, 2.45) is 5.16 Å². The van der Waals surface area contributed by atoms with Crippen LogP contribution in [-0.2, 0) is 19.2 Å². The number of hydrogen-bond donors (Lipinski definition) is 3. The number of thioether (sulfide) groups is 1. The normalized spacial score (nSPS) is 22.1. The molecular weight excluding hydrogens is 427 g/mol. The fraction of sp³-hybridized carbons (Fsp3) is 0.308. The summed E-state index contributed by atoms with van der Waals surface area (Å²) < 4.78 is 36.9. The highest BCUT2D eigenvalue weighted by Crippen LogP contribution is 2.37. The maximum atomic E-state index is 12.4. The molecule has 1 aromatic rings. The first kappa shape index (κ1) is 19.9. The second-order valence-corrected chi connectivity index (χ2v) is 7.37. The summed E-state index contributed by atoms with van der Waals surface area (Å²) >= 11 is 2.04. The zero-order chi connectivity index (χ0) is 20.6. The number of aromatic nitrogens is 1. The lowest BCUT2D eigenvalue weighted by Crippen LogP contribution is -2.70. The number of rotatable bonds is 5. The van der Waals surface area contributed by atoms with Crippen LogP contribution < -0.4 is 11.1 Å². The first-order valence-electron chi connectivity index (χ1n) is 7.32. The molecule has 28 heavy (non-hydrogen) atoms. The molecule has 1 saturated heterocycles. The third-order valence-corrected chi connectivity index (χ3v) is 5.43. The number of nitrogens with one attached hydrogen (secondary N) is 1. The molecule has 0 aliphatic carbocycles. The number of alkyl halides is 3. The number of amides is 2. The van der Waals surface area contributed by atoms with E-state index in [2.05, 4.69) is 20.3 Å². The van der Waals surface area contributed by atoms with Gasteiger partial charge in [0.25, 0.3) is 11.8 Å². The highest BCUT2D eigenvalue weighted by molar-refractivity contribution is 8.00. The van der Waals surface area contributed by atoms with E-state index in [4.69, 9.17) is 10.8 Å². The average molecular weight is 437 g/mol. The monoisotopic (exact) mass is 437 g/mol. The smallest absolute Gasteiger partial charge is 0.477 e. The van der Waals surface area contributed by atoms with Crippen molar-refractivity contribution < 1.29 is 37.5 Å². The third-order valence-electron chi connectivity index (χ3n) is 3.57. The highest BCUT2D eigenvalue weighted by Gasteiger charge is 2.53. The molecule has 0 aromatic carbocycles. The summed E-state index contributed by atoms with van der Waals surface area (Å²) in [6.45, 7) is 0. The van der Waals surface area contributed by atoms with Crippen molar-refractivity contribution in [3.63, 3.8) is 0 Å². The van der Waals surface area contributed by atoms with Gasteiger partial charge in [0.05, 0.1) is 0 Å². The molecule has 0 saturated carbocycles. The molecule has 2 aliphatic rings. The summed E-state index contributed by atoms with van der Waals surface area (Å²) in [6, 6.07) is -1.15. The Morgan fingerprint density at radius 1 is 1.46 bits per heavy atom. The van der Waals surface area contributed by atoms with E-state index in [-0.39, 0.29) is 22.3 Å². The van der Waals surface area contributed by atoms with Gasteiger partial charge in [-0.05, 0) is 6.08 Å². The molecule has 2 aliphatic heterocycles. The van der Waals surface area contributed by atoms with Crippen LogP contribution in [0.3, 0.4) is 0 Å². The lowest BCUT2D eigenvalue weighted by molar-refractivity contribution is -0.325. The molecule has 2 atom stereocenters. The van der Waals surface area contributed by atoms with E-state index < -0.39 is 41.3 Å². The van der Waals surface area contributed by atoms with Gasteiger partial charge in [0, 0.05) is 11.1 Å². The maximum Gasteiger partial charge on any atom is 0.593 e. The first-order valence-corrected chi connectivity index (χ1v) is 9.24. The van der Waals surface area contributed by atoms with E-state index in [1.165, 1.54) is 23.2 Å². The van der Waals surface area contributed by atoms with Crippen LogP contribution in [0.5, 0.6) is 0 Å². The van der Waals surface area contributed by atoms with Crippen molar-refractivity contribution in [1.82, 2.24) is 15.2 Å². The predicted octanol–water partition coefficient (Wildman–Crippen LogP) is 0.334. The number of β-lactam (4-membered cyclic amide) rings is 1. The Kier molecular flexibility index (Phi) is 5.20. The van der Waals surface area contributed by atoms with Gasteiger partial charge >= 0.3 is 12.3 Å². The van der Waals surface area contributed by atoms with Crippen molar-refractivity contribution in [3.8, 4) is 0 Å². The SMILES string of the molecule is Nc1nc(C(=NOC(F)(F)F)C(=O)NC2C(=O)N3C(C(=O)O)=CCS[C@@H]23)cs1. The number of aliphatic carboxylic acids is 1. The van der Waals surface area contributed by atoms with E-state index >= 15 is 0 Å². The van der Waals surface area contributed by atoms with Crippen LogP contribution in [0.15, 0.2) is 22.3 Å². The summed E-state index contributed by atoms with van der Waals surface area (Å²) in [5.74, 6) is -2.89. The number of oxime groups is 1. The lowest BCUT2D eigenvalue weighted by Gasteiger charge is -2.48. The summed E-state index contributed by atoms with van der Waals surface area (Å²) in [5.41, 5.74) is 4.10. The third kappa shape index (κ3) is 3.89. The molecule has 10 nitrogen and oxygen atoms in total. The van der Waals surface area contributed by atoms with Crippen molar-refractivity contribution >= 4 is 51.7 Å². The molecule has 3 rings (SSSR count). The van der Waals surface area contributed by atoms with E-state index in [0.717, 1.165) is 16.2 Å². The second-order valence-electron chi connectivity index (χ2n) is 5.33. The van der Waals surface area contributed by atoms with Crippen molar-refractivity contribution in [3.05, 3.63) is 22.8 Å². The second kappa shape index (κ2) is 7.31. The number of carbonyl (C=O) groups is 3. The number of thiazole rings is 1. The summed E-state index contributed by atoms with van der Waals surface area (Å²) in [5, 5.41) is 14.6. The quantitative estimate of drug-likeness (QED) is 0.339. The number of fused-ring (bicyclic) bond motifs is 1. The Morgan fingerprint density at radius 3 is 2.75 bits per heavy atom. The standard InChI is InChI=1S/C13H10F3N5O5S2/c14-13(15,16)26-20-6(4-3-28-12(17)18-4)8(22)19-7-9(23)21-5(11(24)25)1-2-27-10(7)21/h1,3,7,10H,2H2,(H2,17,18)(H,19,22)(H,24,25)/t7?,10-/m0/s1. The van der Waals surface area contributed by atoms with Crippen LogP contribution in [0.1, 0.15) is 5.69 Å². The Morgan fingerprint density at radius 2 is 2.18 bits per heavy atom. The molecule has 1 aromatic heterocycles. The zero-order valence-electron chi connectivity index (χ0n) is 13.5. The molecule has 3 heterocycles. The van der Waals surface area contributed by atoms with Gasteiger partial charge in [-0.1, -0.05) is 5.16 Å². The highest BCUT2D eigenvalue weighted by atomic mass is 32.2. The Balaban J connectivity index is 1.79. The first-order chi connectivity index (χ1) is 13.1. The molecule has 0 bridgehead atoms. The van der Waals surface area contributed by atoms with Crippen LogP contribution in [0.2, 0.25) is 0 Å². The summed E-state index contributed by atoms with van der Waals surface area (Å²) in [6.07, 6.45) is -3.79. The number of carboxylic acid groups (broad SMARTS) is 1. The number of halogens is 3. The number of hydrogen-bond acceptors (Lipinski definition) is 9. The Hall–Kier alpha value is -2.81. The largest absolute Gasteiger partial charge is 0.593 e. The molecule has 1 unspecified atom stereocenters. The maximum absolute atomic E-state index is 12.4. The number of anilines is 1. The van der Waals surface area contributed by atoms with Crippen LogP contribution >= 0.6 is 23.1 Å². The fourth-order valence-corrected chi connectivity index (χ4v) is 4.19. The van der Waals surface area contributed by atoms with Crippen molar-refractivity contribution in [2.45, 2.75) is 17.8 Å². The van der Waals surface area contributed by atoms with Gasteiger partial charge in [0.2, 0.25) is 0 Å². The van der Waals surface area contributed by atoms with Crippen molar-refractivity contribution in [1.29, 1.82) is 0 Å². The van der Waals surface area contributed by atoms with Gasteiger partial charge in [0.15, 0.2) is 10.8 Å². The van der Waals surface area contributed by atoms with E-state index in [0.29, 0.717) is 0 Å². The van der Waals surface area contributed by atoms with Gasteiger partial charge in [-0.2, -0.15) is 0 Å². The Labute approximate surface area is 162 Å². The molecule has 150 valence electrons. The van der Waals surface area contributed by atoms with Gasteiger partial charge < -0.3 is 16.2 Å². The molecular formula is C13H10F3N5O5S2. The van der Waals surface area contributed by atoms with Gasteiger partial charge in [-0.25, -0.2) is 9.78 Å². The van der Waals surface area contributed by atoms with Gasteiger partial charge in [-0.15, -0.1) is 36.3 Å². The van der Waals surface area contributed by atoms with Crippen molar-refractivity contribution in [2.75, 3.05) is 11.5 Å².